The lowest BCUT2D eigenvalue weighted by Gasteiger charge is -2.25. The van der Waals surface area contributed by atoms with E-state index >= 15 is 0 Å². The fraction of sp³-hybridized carbons (Fsp3) is 0.231. The number of aryl methyl sites for hydroxylation is 1. The Kier molecular flexibility index (Phi) is 9.59. The maximum atomic E-state index is 13.7. The zero-order valence-electron chi connectivity index (χ0n) is 21.5. The lowest BCUT2D eigenvalue weighted by Crippen LogP contribution is -2.39. The summed E-state index contributed by atoms with van der Waals surface area (Å²) in [5.41, 5.74) is 4.01. The Labute approximate surface area is 230 Å². The van der Waals surface area contributed by atoms with Gasteiger partial charge in [0.2, 0.25) is 0 Å². The number of hydrogen-bond donors (Lipinski definition) is 1. The fourth-order valence-corrected chi connectivity index (χ4v) is 5.53. The normalized spacial score (nSPS) is 11.2. The van der Waals surface area contributed by atoms with E-state index in [-0.39, 0.29) is 16.3 Å². The molecule has 10 nitrogen and oxygen atoms in total. The average molecular weight is 606 g/mol. The monoisotopic (exact) mass is 605 g/mol. The van der Waals surface area contributed by atoms with Gasteiger partial charge >= 0.3 is 0 Å². The van der Waals surface area contributed by atoms with Gasteiger partial charge in [-0.05, 0) is 64.8 Å². The van der Waals surface area contributed by atoms with Crippen molar-refractivity contribution in [3.63, 3.8) is 0 Å². The second-order valence-corrected chi connectivity index (χ2v) is 10.6. The second kappa shape index (κ2) is 12.7. The molecular weight excluding hydrogens is 578 g/mol. The molecular formula is C26H28BrN3O7S. The van der Waals surface area contributed by atoms with Gasteiger partial charge in [0.05, 0.1) is 49.7 Å². The number of carbonyl (C=O) groups is 1. The van der Waals surface area contributed by atoms with Gasteiger partial charge < -0.3 is 18.9 Å². The van der Waals surface area contributed by atoms with Gasteiger partial charge in [-0.1, -0.05) is 17.7 Å². The molecule has 38 heavy (non-hydrogen) atoms. The minimum absolute atomic E-state index is 0.0134. The van der Waals surface area contributed by atoms with E-state index < -0.39 is 22.5 Å². The van der Waals surface area contributed by atoms with Gasteiger partial charge in [0, 0.05) is 6.07 Å². The van der Waals surface area contributed by atoms with E-state index in [2.05, 4.69) is 26.5 Å². The number of hydrazone groups is 1. The van der Waals surface area contributed by atoms with Gasteiger partial charge in [-0.15, -0.1) is 0 Å². The first-order valence-electron chi connectivity index (χ1n) is 11.2. The Balaban J connectivity index is 1.93. The van der Waals surface area contributed by atoms with E-state index in [1.807, 2.05) is 6.92 Å². The van der Waals surface area contributed by atoms with Crippen LogP contribution in [0.15, 0.2) is 69.1 Å². The first-order chi connectivity index (χ1) is 18.1. The smallest absolute Gasteiger partial charge is 0.264 e. The molecule has 1 amide bonds. The maximum Gasteiger partial charge on any atom is 0.264 e. The van der Waals surface area contributed by atoms with Crippen LogP contribution in [0.3, 0.4) is 0 Å². The third-order valence-corrected chi connectivity index (χ3v) is 7.77. The number of rotatable bonds is 11. The quantitative estimate of drug-likeness (QED) is 0.258. The molecule has 0 aliphatic rings. The van der Waals surface area contributed by atoms with E-state index in [1.165, 1.54) is 52.9 Å². The molecule has 3 aromatic carbocycles. The number of nitrogens with zero attached hydrogens (tertiary/aromatic N) is 2. The van der Waals surface area contributed by atoms with Crippen molar-refractivity contribution in [2.75, 3.05) is 39.3 Å². The number of halogens is 1. The van der Waals surface area contributed by atoms with Crippen LogP contribution in [0.4, 0.5) is 5.69 Å². The number of amides is 1. The summed E-state index contributed by atoms with van der Waals surface area (Å²) in [7, 11) is 1.71. The highest BCUT2D eigenvalue weighted by Crippen LogP contribution is 2.37. The van der Waals surface area contributed by atoms with E-state index in [9.17, 15) is 13.2 Å². The van der Waals surface area contributed by atoms with Crippen molar-refractivity contribution < 1.29 is 32.2 Å². The second-order valence-electron chi connectivity index (χ2n) is 7.89. The molecule has 0 unspecified atom stereocenters. The predicted octanol–water partition coefficient (Wildman–Crippen LogP) is 4.14. The largest absolute Gasteiger partial charge is 0.497 e. The summed E-state index contributed by atoms with van der Waals surface area (Å²) in [5, 5.41) is 3.98. The van der Waals surface area contributed by atoms with Crippen LogP contribution in [0.5, 0.6) is 23.0 Å². The van der Waals surface area contributed by atoms with Crippen LogP contribution in [-0.2, 0) is 14.8 Å². The molecule has 1 N–H and O–H groups in total. The average Bonchev–Trinajstić information content (AvgIpc) is 2.91. The molecule has 0 atom stereocenters. The van der Waals surface area contributed by atoms with Crippen LogP contribution < -0.4 is 28.7 Å². The molecule has 0 bridgehead atoms. The molecule has 0 saturated carbocycles. The number of ether oxygens (including phenoxy) is 4. The molecule has 3 rings (SSSR count). The van der Waals surface area contributed by atoms with Gasteiger partial charge in [-0.2, -0.15) is 5.10 Å². The van der Waals surface area contributed by atoms with Crippen LogP contribution in [0, 0.1) is 6.92 Å². The molecule has 0 saturated heterocycles. The zero-order chi connectivity index (χ0) is 27.9. The third-order valence-electron chi connectivity index (χ3n) is 5.41. The molecule has 0 spiro atoms. The molecule has 0 radical (unpaired) electrons. The van der Waals surface area contributed by atoms with Gasteiger partial charge in [0.25, 0.3) is 15.9 Å². The Bertz CT molecular complexity index is 1430. The molecule has 0 aliphatic heterocycles. The van der Waals surface area contributed by atoms with E-state index in [4.69, 9.17) is 18.9 Å². The SMILES string of the molecule is COc1ccc(OC)c(N(CC(=O)N/N=C\c2cc(Br)c(OC)c(OC)c2)S(=O)(=O)c2ccc(C)cc2)c1. The molecule has 0 aromatic heterocycles. The third kappa shape index (κ3) is 6.56. The first-order valence-corrected chi connectivity index (χ1v) is 13.4. The number of carbonyl (C=O) groups excluding carboxylic acids is 1. The number of anilines is 1. The van der Waals surface area contributed by atoms with Crippen molar-refractivity contribution in [3.05, 3.63) is 70.2 Å². The highest BCUT2D eigenvalue weighted by molar-refractivity contribution is 9.10. The lowest BCUT2D eigenvalue weighted by molar-refractivity contribution is -0.119. The van der Waals surface area contributed by atoms with Gasteiger partial charge in [-0.25, -0.2) is 13.8 Å². The Morgan fingerprint density at radius 3 is 2.24 bits per heavy atom. The maximum absolute atomic E-state index is 13.7. The fourth-order valence-electron chi connectivity index (χ4n) is 3.49. The summed E-state index contributed by atoms with van der Waals surface area (Å²) in [6.07, 6.45) is 1.40. The molecule has 202 valence electrons. The highest BCUT2D eigenvalue weighted by Gasteiger charge is 2.30. The minimum atomic E-state index is -4.17. The zero-order valence-corrected chi connectivity index (χ0v) is 23.9. The van der Waals surface area contributed by atoms with Crippen molar-refractivity contribution >= 4 is 43.8 Å². The molecule has 12 heteroatoms. The first kappa shape index (κ1) is 28.8. The Hall–Kier alpha value is -3.77. The molecule has 0 fully saturated rings. The molecule has 3 aromatic rings. The Morgan fingerprint density at radius 1 is 0.947 bits per heavy atom. The summed E-state index contributed by atoms with van der Waals surface area (Å²) >= 11 is 3.40. The highest BCUT2D eigenvalue weighted by atomic mass is 79.9. The van der Waals surface area contributed by atoms with Crippen LogP contribution in [0.25, 0.3) is 0 Å². The summed E-state index contributed by atoms with van der Waals surface area (Å²) in [5.74, 6) is 0.935. The van der Waals surface area contributed by atoms with Crippen LogP contribution in [0.2, 0.25) is 0 Å². The summed E-state index contributed by atoms with van der Waals surface area (Å²) in [6.45, 7) is 1.27. The van der Waals surface area contributed by atoms with Gasteiger partial charge in [0.1, 0.15) is 18.0 Å². The number of hydrogen-bond acceptors (Lipinski definition) is 8. The molecule has 0 aliphatic carbocycles. The van der Waals surface area contributed by atoms with Crippen molar-refractivity contribution in [2.45, 2.75) is 11.8 Å². The topological polar surface area (TPSA) is 116 Å². The number of methoxy groups -OCH3 is 4. The standard InChI is InChI=1S/C26H28BrN3O7S/c1-17-6-9-20(10-7-17)38(32,33)30(22-14-19(34-2)8-11-23(22)35-3)16-25(31)29-28-15-18-12-21(27)26(37-5)24(13-18)36-4/h6-15H,16H2,1-5H3,(H,29,31)/b28-15-. The van der Waals surface area contributed by atoms with Gasteiger partial charge in [0.15, 0.2) is 11.5 Å². The molecule has 0 heterocycles. The predicted molar refractivity (Wildman–Crippen MR) is 148 cm³/mol. The Morgan fingerprint density at radius 2 is 1.63 bits per heavy atom. The van der Waals surface area contributed by atoms with Crippen LogP contribution >= 0.6 is 15.9 Å². The lowest BCUT2D eigenvalue weighted by atomic mass is 10.2. The number of benzene rings is 3. The van der Waals surface area contributed by atoms with Crippen LogP contribution in [-0.4, -0.2) is 55.5 Å². The van der Waals surface area contributed by atoms with Crippen molar-refractivity contribution in [3.8, 4) is 23.0 Å². The number of sulfonamides is 1. The van der Waals surface area contributed by atoms with Gasteiger partial charge in [-0.3, -0.25) is 9.10 Å². The van der Waals surface area contributed by atoms with Crippen molar-refractivity contribution in [1.82, 2.24) is 5.43 Å². The van der Waals surface area contributed by atoms with Crippen LogP contribution in [0.1, 0.15) is 11.1 Å². The van der Waals surface area contributed by atoms with E-state index in [0.29, 0.717) is 27.3 Å². The van der Waals surface area contributed by atoms with E-state index in [0.717, 1.165) is 9.87 Å². The summed E-state index contributed by atoms with van der Waals surface area (Å²) < 4.78 is 50.3. The van der Waals surface area contributed by atoms with E-state index in [1.54, 1.807) is 36.4 Å². The number of nitrogens with one attached hydrogen (secondary N) is 1. The van der Waals surface area contributed by atoms with Crippen molar-refractivity contribution in [1.29, 1.82) is 0 Å². The van der Waals surface area contributed by atoms with Crippen molar-refractivity contribution in [2.24, 2.45) is 5.10 Å². The summed E-state index contributed by atoms with van der Waals surface area (Å²) in [4.78, 5) is 13.0. The minimum Gasteiger partial charge on any atom is -0.497 e. The summed E-state index contributed by atoms with van der Waals surface area (Å²) in [6, 6.07) is 14.4.